The molecule has 0 aromatic heterocycles. The second kappa shape index (κ2) is 5.30. The van der Waals surface area contributed by atoms with Crippen LogP contribution in [-0.2, 0) is 0 Å². The van der Waals surface area contributed by atoms with Gasteiger partial charge in [0.2, 0.25) is 0 Å². The molecule has 20 heavy (non-hydrogen) atoms. The third-order valence-electron chi connectivity index (χ3n) is 3.98. The van der Waals surface area contributed by atoms with Crippen LogP contribution in [0.5, 0.6) is 5.75 Å². The van der Waals surface area contributed by atoms with Crippen molar-refractivity contribution < 1.29 is 4.74 Å². The smallest absolute Gasteiger partial charge is 0.143 e. The number of nitrogen functional groups attached to an aromatic ring is 1. The molecule has 1 aliphatic heterocycles. The Bertz CT molecular complexity index is 564. The Labute approximate surface area is 125 Å². The Morgan fingerprint density at radius 3 is 2.75 bits per heavy atom. The fourth-order valence-corrected chi connectivity index (χ4v) is 3.03. The second-order valence-corrected chi connectivity index (χ2v) is 6.35. The fraction of sp³-hybridized carbons (Fsp3) is 0.500. The molecule has 1 saturated carbocycles. The summed E-state index contributed by atoms with van der Waals surface area (Å²) in [5.74, 6) is 0.809. The van der Waals surface area contributed by atoms with Crippen LogP contribution in [0, 0.1) is 6.92 Å². The predicted octanol–water partition coefficient (Wildman–Crippen LogP) is 3.40. The standard InChI is InChI=1S/C16H21ClN2O/c1-10-7-15(18)16(20-11-3-4-11)8-13(10)12-5-6-19(2)9-14(12)17/h7-8,11H,3-6,9,18H2,1-2H3. The highest BCUT2D eigenvalue weighted by Gasteiger charge is 2.25. The minimum Gasteiger partial charge on any atom is -0.488 e. The Kier molecular flexibility index (Phi) is 3.65. The highest BCUT2D eigenvalue weighted by atomic mass is 35.5. The number of anilines is 1. The number of rotatable bonds is 3. The zero-order valence-corrected chi connectivity index (χ0v) is 12.8. The van der Waals surface area contributed by atoms with Crippen LogP contribution in [0.15, 0.2) is 17.2 Å². The average Bonchev–Trinajstić information content (AvgIpc) is 3.17. The molecule has 1 aliphatic carbocycles. The fourth-order valence-electron chi connectivity index (χ4n) is 2.63. The lowest BCUT2D eigenvalue weighted by atomic mass is 9.94. The van der Waals surface area contributed by atoms with E-state index in [1.807, 2.05) is 6.07 Å². The molecule has 2 aliphatic rings. The van der Waals surface area contributed by atoms with E-state index in [0.717, 1.165) is 48.8 Å². The molecule has 0 radical (unpaired) electrons. The first-order chi connectivity index (χ1) is 9.54. The van der Waals surface area contributed by atoms with Crippen molar-refractivity contribution in [2.24, 2.45) is 0 Å². The predicted molar refractivity (Wildman–Crippen MR) is 84.1 cm³/mol. The van der Waals surface area contributed by atoms with Gasteiger partial charge in [-0.1, -0.05) is 11.6 Å². The zero-order valence-electron chi connectivity index (χ0n) is 12.1. The van der Waals surface area contributed by atoms with Gasteiger partial charge in [-0.15, -0.1) is 0 Å². The summed E-state index contributed by atoms with van der Waals surface area (Å²) >= 11 is 6.46. The summed E-state index contributed by atoms with van der Waals surface area (Å²) in [6, 6.07) is 4.08. The van der Waals surface area contributed by atoms with Gasteiger partial charge in [-0.25, -0.2) is 0 Å². The molecular weight excluding hydrogens is 272 g/mol. The first-order valence-electron chi connectivity index (χ1n) is 7.18. The SMILES string of the molecule is Cc1cc(N)c(OC2CC2)cc1C1=C(Cl)CN(C)CC1. The van der Waals surface area contributed by atoms with Crippen molar-refractivity contribution in [3.8, 4) is 5.75 Å². The summed E-state index contributed by atoms with van der Waals surface area (Å²) in [6.45, 7) is 3.94. The van der Waals surface area contributed by atoms with E-state index in [2.05, 4.69) is 24.9 Å². The van der Waals surface area contributed by atoms with Crippen molar-refractivity contribution in [2.45, 2.75) is 32.3 Å². The van der Waals surface area contributed by atoms with E-state index in [0.29, 0.717) is 6.10 Å². The van der Waals surface area contributed by atoms with Crippen molar-refractivity contribution in [3.63, 3.8) is 0 Å². The van der Waals surface area contributed by atoms with E-state index < -0.39 is 0 Å². The third kappa shape index (κ3) is 2.79. The van der Waals surface area contributed by atoms with Crippen LogP contribution in [0.1, 0.15) is 30.4 Å². The van der Waals surface area contributed by atoms with Gasteiger partial charge in [0.1, 0.15) is 5.75 Å². The monoisotopic (exact) mass is 292 g/mol. The molecule has 0 amide bonds. The van der Waals surface area contributed by atoms with Gasteiger partial charge in [-0.2, -0.15) is 0 Å². The number of hydrogen-bond donors (Lipinski definition) is 1. The van der Waals surface area contributed by atoms with Crippen molar-refractivity contribution in [2.75, 3.05) is 25.9 Å². The lowest BCUT2D eigenvalue weighted by Gasteiger charge is -2.26. The highest BCUT2D eigenvalue weighted by Crippen LogP contribution is 2.37. The maximum absolute atomic E-state index is 6.46. The number of hydrogen-bond acceptors (Lipinski definition) is 3. The Morgan fingerprint density at radius 1 is 1.35 bits per heavy atom. The lowest BCUT2D eigenvalue weighted by Crippen LogP contribution is -2.26. The van der Waals surface area contributed by atoms with E-state index in [1.54, 1.807) is 0 Å². The van der Waals surface area contributed by atoms with Gasteiger partial charge in [-0.05, 0) is 62.1 Å². The molecule has 0 atom stereocenters. The summed E-state index contributed by atoms with van der Waals surface area (Å²) in [4.78, 5) is 2.24. The Balaban J connectivity index is 1.97. The number of benzene rings is 1. The number of halogens is 1. The van der Waals surface area contributed by atoms with Crippen molar-refractivity contribution in [1.82, 2.24) is 4.90 Å². The summed E-state index contributed by atoms with van der Waals surface area (Å²) in [6.07, 6.45) is 3.60. The summed E-state index contributed by atoms with van der Waals surface area (Å²) < 4.78 is 5.90. The van der Waals surface area contributed by atoms with Crippen LogP contribution in [0.25, 0.3) is 5.57 Å². The maximum atomic E-state index is 6.46. The normalized spacial score (nSPS) is 20.4. The molecule has 1 aromatic carbocycles. The van der Waals surface area contributed by atoms with Crippen LogP contribution >= 0.6 is 11.6 Å². The lowest BCUT2D eigenvalue weighted by molar-refractivity contribution is 0.304. The molecule has 0 bridgehead atoms. The molecule has 3 nitrogen and oxygen atoms in total. The number of nitrogens with two attached hydrogens (primary N) is 1. The number of nitrogens with zero attached hydrogens (tertiary/aromatic N) is 1. The van der Waals surface area contributed by atoms with Crippen molar-refractivity contribution in [1.29, 1.82) is 0 Å². The van der Waals surface area contributed by atoms with E-state index >= 15 is 0 Å². The Morgan fingerprint density at radius 2 is 2.10 bits per heavy atom. The van der Waals surface area contributed by atoms with Gasteiger partial charge in [0, 0.05) is 18.1 Å². The van der Waals surface area contributed by atoms with Crippen LogP contribution < -0.4 is 10.5 Å². The van der Waals surface area contributed by atoms with Crippen LogP contribution in [0.4, 0.5) is 5.69 Å². The first-order valence-corrected chi connectivity index (χ1v) is 7.55. The molecular formula is C16H21ClN2O. The molecule has 0 saturated heterocycles. The average molecular weight is 293 g/mol. The van der Waals surface area contributed by atoms with E-state index in [4.69, 9.17) is 22.1 Å². The van der Waals surface area contributed by atoms with E-state index in [-0.39, 0.29) is 0 Å². The summed E-state index contributed by atoms with van der Waals surface area (Å²) in [7, 11) is 2.09. The van der Waals surface area contributed by atoms with Gasteiger partial charge >= 0.3 is 0 Å². The molecule has 108 valence electrons. The summed E-state index contributed by atoms with van der Waals surface area (Å²) in [5.41, 5.74) is 10.4. The molecule has 3 rings (SSSR count). The van der Waals surface area contributed by atoms with Gasteiger partial charge in [-0.3, -0.25) is 0 Å². The highest BCUT2D eigenvalue weighted by molar-refractivity contribution is 6.33. The molecule has 4 heteroatoms. The molecule has 1 heterocycles. The van der Waals surface area contributed by atoms with E-state index in [9.17, 15) is 0 Å². The Hall–Kier alpha value is -1.19. The minimum absolute atomic E-state index is 0.356. The summed E-state index contributed by atoms with van der Waals surface area (Å²) in [5, 5.41) is 0.934. The molecule has 0 unspecified atom stereocenters. The van der Waals surface area contributed by atoms with Crippen LogP contribution in [0.2, 0.25) is 0 Å². The molecule has 0 spiro atoms. The topological polar surface area (TPSA) is 38.5 Å². The molecule has 1 aromatic rings. The van der Waals surface area contributed by atoms with Crippen LogP contribution in [-0.4, -0.2) is 31.1 Å². The molecule has 1 fully saturated rings. The number of aryl methyl sites for hydroxylation is 1. The second-order valence-electron chi connectivity index (χ2n) is 5.89. The largest absolute Gasteiger partial charge is 0.488 e. The van der Waals surface area contributed by atoms with Crippen molar-refractivity contribution in [3.05, 3.63) is 28.3 Å². The van der Waals surface area contributed by atoms with E-state index in [1.165, 1.54) is 16.7 Å². The number of likely N-dealkylation sites (N-methyl/N-ethyl adjacent to an activating group) is 1. The van der Waals surface area contributed by atoms with Gasteiger partial charge in [0.25, 0.3) is 0 Å². The van der Waals surface area contributed by atoms with Crippen molar-refractivity contribution >= 4 is 22.9 Å². The minimum atomic E-state index is 0.356. The van der Waals surface area contributed by atoms with Gasteiger partial charge in [0.15, 0.2) is 0 Å². The van der Waals surface area contributed by atoms with Gasteiger partial charge in [0.05, 0.1) is 11.8 Å². The molecule has 2 N–H and O–H groups in total. The van der Waals surface area contributed by atoms with Crippen LogP contribution in [0.3, 0.4) is 0 Å². The number of ether oxygens (including phenoxy) is 1. The zero-order chi connectivity index (χ0) is 14.3. The quantitative estimate of drug-likeness (QED) is 0.868. The first kappa shape index (κ1) is 13.8. The van der Waals surface area contributed by atoms with Gasteiger partial charge < -0.3 is 15.4 Å². The maximum Gasteiger partial charge on any atom is 0.143 e. The third-order valence-corrected chi connectivity index (χ3v) is 4.33.